The lowest BCUT2D eigenvalue weighted by atomic mass is 9.76. The molecule has 0 saturated heterocycles. The van der Waals surface area contributed by atoms with Crippen molar-refractivity contribution >= 4 is 5.97 Å². The summed E-state index contributed by atoms with van der Waals surface area (Å²) in [6.45, 7) is 4.09. The number of nitrogens with one attached hydrogen (secondary N) is 1. The third kappa shape index (κ3) is 2.52. The number of aryl methyl sites for hydroxylation is 1. The molecule has 20 heavy (non-hydrogen) atoms. The molecular formula is C16H23NO3. The lowest BCUT2D eigenvalue weighted by molar-refractivity contribution is -0.150. The van der Waals surface area contributed by atoms with Gasteiger partial charge in [-0.2, -0.15) is 0 Å². The van der Waals surface area contributed by atoms with Gasteiger partial charge in [0, 0.05) is 6.04 Å². The van der Waals surface area contributed by atoms with E-state index in [0.717, 1.165) is 36.1 Å². The Morgan fingerprint density at radius 1 is 1.35 bits per heavy atom. The summed E-state index contributed by atoms with van der Waals surface area (Å²) in [5, 5.41) is 3.42. The normalized spacial score (nSPS) is 21.4. The van der Waals surface area contributed by atoms with Crippen LogP contribution >= 0.6 is 0 Å². The predicted octanol–water partition coefficient (Wildman–Crippen LogP) is 2.40. The van der Waals surface area contributed by atoms with Gasteiger partial charge < -0.3 is 9.47 Å². The maximum atomic E-state index is 12.4. The monoisotopic (exact) mass is 277 g/mol. The Balaban J connectivity index is 2.52. The van der Waals surface area contributed by atoms with Crippen LogP contribution in [0.15, 0.2) is 18.2 Å². The fraction of sp³-hybridized carbons (Fsp3) is 0.562. The summed E-state index contributed by atoms with van der Waals surface area (Å²) >= 11 is 0. The van der Waals surface area contributed by atoms with Gasteiger partial charge in [-0.3, -0.25) is 5.32 Å². The second kappa shape index (κ2) is 5.83. The van der Waals surface area contributed by atoms with Crippen molar-refractivity contribution in [3.8, 4) is 5.75 Å². The summed E-state index contributed by atoms with van der Waals surface area (Å²) in [7, 11) is 3.11. The largest absolute Gasteiger partial charge is 0.497 e. The molecule has 1 atom stereocenters. The Kier molecular flexibility index (Phi) is 4.33. The number of benzene rings is 1. The molecule has 0 amide bonds. The first-order valence-corrected chi connectivity index (χ1v) is 7.07. The van der Waals surface area contributed by atoms with Gasteiger partial charge in [0.15, 0.2) is 0 Å². The number of hydrogen-bond donors (Lipinski definition) is 1. The molecule has 0 heterocycles. The van der Waals surface area contributed by atoms with Crippen LogP contribution < -0.4 is 10.1 Å². The molecule has 0 aromatic heterocycles. The van der Waals surface area contributed by atoms with Gasteiger partial charge in [0.25, 0.3) is 0 Å². The van der Waals surface area contributed by atoms with Crippen molar-refractivity contribution in [3.05, 3.63) is 29.3 Å². The third-order valence-corrected chi connectivity index (χ3v) is 3.84. The van der Waals surface area contributed by atoms with Crippen molar-refractivity contribution < 1.29 is 14.3 Å². The fourth-order valence-electron chi connectivity index (χ4n) is 3.09. The molecule has 2 rings (SSSR count). The Bertz CT molecular complexity index is 498. The summed E-state index contributed by atoms with van der Waals surface area (Å²) in [4.78, 5) is 12.4. The molecule has 1 aromatic carbocycles. The van der Waals surface area contributed by atoms with Gasteiger partial charge in [-0.1, -0.05) is 6.07 Å². The van der Waals surface area contributed by atoms with E-state index in [-0.39, 0.29) is 12.0 Å². The van der Waals surface area contributed by atoms with E-state index in [2.05, 4.69) is 5.32 Å². The molecule has 0 radical (unpaired) electrons. The molecule has 1 aliphatic rings. The van der Waals surface area contributed by atoms with E-state index >= 15 is 0 Å². The zero-order valence-corrected chi connectivity index (χ0v) is 12.7. The highest BCUT2D eigenvalue weighted by Crippen LogP contribution is 2.38. The maximum Gasteiger partial charge on any atom is 0.330 e. The van der Waals surface area contributed by atoms with Crippen LogP contribution in [-0.4, -0.2) is 26.2 Å². The average Bonchev–Trinajstić information content (AvgIpc) is 2.45. The first-order valence-electron chi connectivity index (χ1n) is 7.07. The van der Waals surface area contributed by atoms with E-state index < -0.39 is 5.54 Å². The van der Waals surface area contributed by atoms with E-state index in [1.165, 1.54) is 7.11 Å². The van der Waals surface area contributed by atoms with E-state index in [4.69, 9.17) is 9.47 Å². The molecule has 4 nitrogen and oxygen atoms in total. The minimum absolute atomic E-state index is 0.196. The number of carbonyl (C=O) groups excluding carboxylic acids is 1. The lowest BCUT2D eigenvalue weighted by Gasteiger charge is -2.39. The second-order valence-corrected chi connectivity index (χ2v) is 5.57. The third-order valence-electron chi connectivity index (χ3n) is 3.84. The fourth-order valence-corrected chi connectivity index (χ4v) is 3.09. The van der Waals surface area contributed by atoms with Gasteiger partial charge in [-0.15, -0.1) is 0 Å². The number of esters is 1. The molecule has 0 fully saturated rings. The molecule has 110 valence electrons. The molecule has 1 unspecified atom stereocenters. The zero-order chi connectivity index (χ0) is 14.8. The van der Waals surface area contributed by atoms with E-state index in [9.17, 15) is 4.79 Å². The molecule has 0 aliphatic heterocycles. The van der Waals surface area contributed by atoms with Crippen LogP contribution in [0, 0.1) is 0 Å². The Labute approximate surface area is 120 Å². The first kappa shape index (κ1) is 14.9. The Morgan fingerprint density at radius 2 is 2.10 bits per heavy atom. The van der Waals surface area contributed by atoms with Crippen LogP contribution in [0.25, 0.3) is 0 Å². The maximum absolute atomic E-state index is 12.4. The summed E-state index contributed by atoms with van der Waals surface area (Å²) in [6.07, 6.45) is 2.68. The van der Waals surface area contributed by atoms with Gasteiger partial charge >= 0.3 is 5.97 Å². The average molecular weight is 277 g/mol. The number of ether oxygens (including phenoxy) is 2. The molecule has 1 N–H and O–H groups in total. The molecular weight excluding hydrogens is 254 g/mol. The first-order chi connectivity index (χ1) is 9.53. The van der Waals surface area contributed by atoms with Crippen molar-refractivity contribution in [2.75, 3.05) is 14.2 Å². The number of rotatable bonds is 4. The molecule has 0 spiro atoms. The summed E-state index contributed by atoms with van der Waals surface area (Å²) in [5.41, 5.74) is 1.45. The van der Waals surface area contributed by atoms with Crippen molar-refractivity contribution in [1.29, 1.82) is 0 Å². The molecule has 0 bridgehead atoms. The van der Waals surface area contributed by atoms with Gasteiger partial charge in [-0.25, -0.2) is 4.79 Å². The minimum atomic E-state index is -0.733. The Morgan fingerprint density at radius 3 is 2.70 bits per heavy atom. The van der Waals surface area contributed by atoms with E-state index in [1.807, 2.05) is 32.0 Å². The lowest BCUT2D eigenvalue weighted by Crippen LogP contribution is -2.54. The zero-order valence-electron chi connectivity index (χ0n) is 12.7. The van der Waals surface area contributed by atoms with Gasteiger partial charge in [0.2, 0.25) is 0 Å². The Hall–Kier alpha value is -1.55. The number of hydrogen-bond acceptors (Lipinski definition) is 4. The van der Waals surface area contributed by atoms with Gasteiger partial charge in [0.1, 0.15) is 11.3 Å². The van der Waals surface area contributed by atoms with Crippen LogP contribution in [0.5, 0.6) is 5.75 Å². The van der Waals surface area contributed by atoms with Crippen LogP contribution in [0.4, 0.5) is 0 Å². The summed E-state index contributed by atoms with van der Waals surface area (Å²) in [6, 6.07) is 6.11. The number of carbonyl (C=O) groups is 1. The van der Waals surface area contributed by atoms with Gasteiger partial charge in [-0.05, 0) is 56.4 Å². The second-order valence-electron chi connectivity index (χ2n) is 5.57. The van der Waals surface area contributed by atoms with Crippen molar-refractivity contribution in [1.82, 2.24) is 5.32 Å². The summed E-state index contributed by atoms with van der Waals surface area (Å²) in [5.74, 6) is 0.617. The molecule has 4 heteroatoms. The molecule has 1 aliphatic carbocycles. The summed E-state index contributed by atoms with van der Waals surface area (Å²) < 4.78 is 10.4. The van der Waals surface area contributed by atoms with Crippen LogP contribution in [0.3, 0.4) is 0 Å². The predicted molar refractivity (Wildman–Crippen MR) is 77.9 cm³/mol. The highest BCUT2D eigenvalue weighted by molar-refractivity contribution is 5.83. The quantitative estimate of drug-likeness (QED) is 0.859. The van der Waals surface area contributed by atoms with Crippen molar-refractivity contribution in [3.63, 3.8) is 0 Å². The van der Waals surface area contributed by atoms with Crippen molar-refractivity contribution in [2.45, 2.75) is 44.7 Å². The smallest absolute Gasteiger partial charge is 0.330 e. The van der Waals surface area contributed by atoms with Crippen molar-refractivity contribution in [2.24, 2.45) is 0 Å². The topological polar surface area (TPSA) is 47.6 Å². The number of fused-ring (bicyclic) bond motifs is 1. The number of methoxy groups -OCH3 is 2. The van der Waals surface area contributed by atoms with Gasteiger partial charge in [0.05, 0.1) is 14.2 Å². The minimum Gasteiger partial charge on any atom is -0.497 e. The molecule has 1 aromatic rings. The highest BCUT2D eigenvalue weighted by Gasteiger charge is 2.44. The van der Waals surface area contributed by atoms with Crippen LogP contribution in [0.1, 0.15) is 37.8 Å². The van der Waals surface area contributed by atoms with Crippen LogP contribution in [-0.2, 0) is 21.5 Å². The molecule has 0 saturated carbocycles. The highest BCUT2D eigenvalue weighted by atomic mass is 16.5. The van der Waals surface area contributed by atoms with E-state index in [1.54, 1.807) is 7.11 Å². The van der Waals surface area contributed by atoms with E-state index in [0.29, 0.717) is 0 Å². The SMILES string of the molecule is COC(=O)C1(NC(C)C)CCCc2cc(OC)ccc21. The standard InChI is InChI=1S/C16H23NO3/c1-11(2)17-16(15(18)20-4)9-5-6-12-10-13(19-3)7-8-14(12)16/h7-8,10-11,17H,5-6,9H2,1-4H3. The van der Waals surface area contributed by atoms with Crippen LogP contribution in [0.2, 0.25) is 0 Å².